The molecule has 144 valence electrons. The highest BCUT2D eigenvalue weighted by Crippen LogP contribution is 2.32. The van der Waals surface area contributed by atoms with Gasteiger partial charge in [0.2, 0.25) is 0 Å². The van der Waals surface area contributed by atoms with Crippen LogP contribution in [0.3, 0.4) is 0 Å². The molecule has 0 saturated carbocycles. The summed E-state index contributed by atoms with van der Waals surface area (Å²) in [6.07, 6.45) is 9.18. The van der Waals surface area contributed by atoms with Crippen LogP contribution in [0.1, 0.15) is 0 Å². The van der Waals surface area contributed by atoms with E-state index in [-0.39, 0.29) is 0 Å². The van der Waals surface area contributed by atoms with Crippen LogP contribution in [0.25, 0.3) is 55.8 Å². The summed E-state index contributed by atoms with van der Waals surface area (Å²) >= 11 is 0. The van der Waals surface area contributed by atoms with Crippen molar-refractivity contribution in [3.05, 3.63) is 67.4 Å². The van der Waals surface area contributed by atoms with Gasteiger partial charge < -0.3 is 4.98 Å². The summed E-state index contributed by atoms with van der Waals surface area (Å²) in [6, 6.07) is 12.1. The lowest BCUT2D eigenvalue weighted by Crippen LogP contribution is -1.84. The van der Waals surface area contributed by atoms with Gasteiger partial charge in [-0.15, -0.1) is 0 Å². The first kappa shape index (κ1) is 16.6. The Balaban J connectivity index is 1.52. The van der Waals surface area contributed by atoms with Gasteiger partial charge in [-0.25, -0.2) is 9.97 Å². The number of imidazole rings is 1. The van der Waals surface area contributed by atoms with Gasteiger partial charge >= 0.3 is 0 Å². The van der Waals surface area contributed by atoms with Gasteiger partial charge in [-0.2, -0.15) is 10.2 Å². The number of H-pyrrole nitrogens is 2. The third-order valence-electron chi connectivity index (χ3n) is 5.20. The SMILES string of the molecule is Cn1cc(-c2ccc3[nH]nc(-c4nc5c(-c6ccncc6)ccnc5[nH]4)c3c2)cn1. The Kier molecular flexibility index (Phi) is 3.51. The first-order valence-electron chi connectivity index (χ1n) is 9.49. The molecule has 0 radical (unpaired) electrons. The highest BCUT2D eigenvalue weighted by atomic mass is 15.2. The quantitative estimate of drug-likeness (QED) is 0.475. The van der Waals surface area contributed by atoms with E-state index in [1.165, 1.54) is 0 Å². The molecule has 0 aliphatic heterocycles. The Hall–Kier alpha value is -4.33. The molecule has 0 atom stereocenters. The highest BCUT2D eigenvalue weighted by Gasteiger charge is 2.16. The van der Waals surface area contributed by atoms with Crippen molar-refractivity contribution in [3.63, 3.8) is 0 Å². The average molecular weight is 392 g/mol. The molecule has 5 aromatic heterocycles. The van der Waals surface area contributed by atoms with E-state index in [4.69, 9.17) is 4.98 Å². The number of pyridine rings is 2. The number of aryl methyl sites for hydroxylation is 1. The molecule has 5 heterocycles. The number of rotatable bonds is 3. The van der Waals surface area contributed by atoms with E-state index >= 15 is 0 Å². The number of nitrogens with zero attached hydrogens (tertiary/aromatic N) is 6. The van der Waals surface area contributed by atoms with Gasteiger partial charge in [0.1, 0.15) is 11.2 Å². The summed E-state index contributed by atoms with van der Waals surface area (Å²) in [5.41, 5.74) is 7.40. The maximum Gasteiger partial charge on any atom is 0.160 e. The summed E-state index contributed by atoms with van der Waals surface area (Å²) in [6.45, 7) is 0. The molecule has 1 aromatic carbocycles. The van der Waals surface area contributed by atoms with Crippen molar-refractivity contribution in [3.8, 4) is 33.8 Å². The molecule has 6 aromatic rings. The molecular formula is C22H16N8. The first-order valence-corrected chi connectivity index (χ1v) is 9.49. The van der Waals surface area contributed by atoms with Crippen molar-refractivity contribution in [2.75, 3.05) is 0 Å². The Bertz CT molecular complexity index is 1510. The van der Waals surface area contributed by atoms with Crippen molar-refractivity contribution >= 4 is 22.1 Å². The smallest absolute Gasteiger partial charge is 0.160 e. The Morgan fingerprint density at radius 2 is 1.83 bits per heavy atom. The molecular weight excluding hydrogens is 376 g/mol. The van der Waals surface area contributed by atoms with Gasteiger partial charge in [-0.3, -0.25) is 14.8 Å². The molecule has 30 heavy (non-hydrogen) atoms. The molecule has 6 rings (SSSR count). The first-order chi connectivity index (χ1) is 14.8. The van der Waals surface area contributed by atoms with E-state index in [0.29, 0.717) is 5.82 Å². The summed E-state index contributed by atoms with van der Waals surface area (Å²) < 4.78 is 1.79. The molecule has 0 aliphatic rings. The van der Waals surface area contributed by atoms with Crippen molar-refractivity contribution in [1.82, 2.24) is 39.9 Å². The van der Waals surface area contributed by atoms with Gasteiger partial charge in [0.05, 0.1) is 11.7 Å². The summed E-state index contributed by atoms with van der Waals surface area (Å²) in [5.74, 6) is 0.675. The van der Waals surface area contributed by atoms with E-state index in [0.717, 1.165) is 50.0 Å². The van der Waals surface area contributed by atoms with Gasteiger partial charge in [0.25, 0.3) is 0 Å². The number of fused-ring (bicyclic) bond motifs is 2. The van der Waals surface area contributed by atoms with Gasteiger partial charge in [-0.05, 0) is 41.5 Å². The van der Waals surface area contributed by atoms with Crippen molar-refractivity contribution in [2.24, 2.45) is 7.05 Å². The van der Waals surface area contributed by atoms with Crippen molar-refractivity contribution in [2.45, 2.75) is 0 Å². The molecule has 0 amide bonds. The van der Waals surface area contributed by atoms with E-state index in [1.807, 2.05) is 43.7 Å². The second-order valence-electron chi connectivity index (χ2n) is 7.11. The third-order valence-corrected chi connectivity index (χ3v) is 5.20. The van der Waals surface area contributed by atoms with Crippen LogP contribution in [0.15, 0.2) is 67.4 Å². The van der Waals surface area contributed by atoms with Crippen LogP contribution in [0.2, 0.25) is 0 Å². The standard InChI is InChI=1S/C22H16N8/c1-30-12-15(11-25-30)14-2-3-18-17(10-14)20(29-28-18)22-26-19-16(6-9-24-21(19)27-22)13-4-7-23-8-5-13/h2-12H,1H3,(H,28,29)(H,24,26,27). The van der Waals surface area contributed by atoms with Crippen LogP contribution < -0.4 is 0 Å². The number of benzene rings is 1. The fraction of sp³-hybridized carbons (Fsp3) is 0.0455. The Labute approximate surface area is 170 Å². The maximum absolute atomic E-state index is 4.85. The summed E-state index contributed by atoms with van der Waals surface area (Å²) in [5, 5.41) is 12.9. The lowest BCUT2D eigenvalue weighted by molar-refractivity contribution is 0.768. The van der Waals surface area contributed by atoms with E-state index in [2.05, 4.69) is 42.4 Å². The summed E-state index contributed by atoms with van der Waals surface area (Å²) in [7, 11) is 1.91. The zero-order chi connectivity index (χ0) is 20.1. The molecule has 8 nitrogen and oxygen atoms in total. The van der Waals surface area contributed by atoms with Crippen LogP contribution in [-0.4, -0.2) is 39.9 Å². The van der Waals surface area contributed by atoms with E-state index in [1.54, 1.807) is 23.3 Å². The van der Waals surface area contributed by atoms with Crippen molar-refractivity contribution < 1.29 is 0 Å². The lowest BCUT2D eigenvalue weighted by Gasteiger charge is -2.00. The molecule has 0 unspecified atom stereocenters. The predicted molar refractivity (Wildman–Crippen MR) is 114 cm³/mol. The number of aromatic nitrogens is 8. The predicted octanol–water partition coefficient (Wildman–Crippen LogP) is 3.96. The zero-order valence-corrected chi connectivity index (χ0v) is 16.0. The minimum atomic E-state index is 0.675. The summed E-state index contributed by atoms with van der Waals surface area (Å²) in [4.78, 5) is 16.7. The van der Waals surface area contributed by atoms with Gasteiger partial charge in [0, 0.05) is 48.3 Å². The van der Waals surface area contributed by atoms with Crippen LogP contribution >= 0.6 is 0 Å². The molecule has 0 fully saturated rings. The topological polar surface area (TPSA) is 101 Å². The molecule has 0 aliphatic carbocycles. The van der Waals surface area contributed by atoms with Crippen LogP contribution in [0.5, 0.6) is 0 Å². The number of aromatic amines is 2. The highest BCUT2D eigenvalue weighted by molar-refractivity contribution is 5.97. The van der Waals surface area contributed by atoms with Gasteiger partial charge in [0.15, 0.2) is 11.5 Å². The molecule has 8 heteroatoms. The monoisotopic (exact) mass is 392 g/mol. The van der Waals surface area contributed by atoms with Crippen molar-refractivity contribution in [1.29, 1.82) is 0 Å². The molecule has 2 N–H and O–H groups in total. The maximum atomic E-state index is 4.85. The fourth-order valence-electron chi connectivity index (χ4n) is 3.73. The van der Waals surface area contributed by atoms with Crippen LogP contribution in [-0.2, 0) is 7.05 Å². The molecule has 0 saturated heterocycles. The normalized spacial score (nSPS) is 11.5. The number of hydrogen-bond acceptors (Lipinski definition) is 5. The largest absolute Gasteiger partial charge is 0.321 e. The average Bonchev–Trinajstić information content (AvgIpc) is 3.50. The Morgan fingerprint density at radius 1 is 0.933 bits per heavy atom. The number of hydrogen-bond donors (Lipinski definition) is 2. The second kappa shape index (κ2) is 6.35. The van der Waals surface area contributed by atoms with E-state index in [9.17, 15) is 0 Å². The third kappa shape index (κ3) is 2.58. The fourth-order valence-corrected chi connectivity index (χ4v) is 3.73. The van der Waals surface area contributed by atoms with Crippen LogP contribution in [0.4, 0.5) is 0 Å². The second-order valence-corrected chi connectivity index (χ2v) is 7.11. The molecule has 0 spiro atoms. The zero-order valence-electron chi connectivity index (χ0n) is 16.0. The van der Waals surface area contributed by atoms with Gasteiger partial charge in [-0.1, -0.05) is 6.07 Å². The minimum Gasteiger partial charge on any atom is -0.321 e. The minimum absolute atomic E-state index is 0.675. The Morgan fingerprint density at radius 3 is 2.67 bits per heavy atom. The van der Waals surface area contributed by atoms with Crippen LogP contribution in [0, 0.1) is 0 Å². The van der Waals surface area contributed by atoms with E-state index < -0.39 is 0 Å². The lowest BCUT2D eigenvalue weighted by atomic mass is 10.1. The number of nitrogens with one attached hydrogen (secondary N) is 2. The molecule has 0 bridgehead atoms.